The third kappa shape index (κ3) is 6.89. The summed E-state index contributed by atoms with van der Waals surface area (Å²) in [6, 6.07) is 27.6. The number of carbonyl (C=O) groups excluding carboxylic acids is 1. The van der Waals surface area contributed by atoms with Crippen LogP contribution in [0.15, 0.2) is 108 Å². The molecule has 1 amide bonds. The van der Waals surface area contributed by atoms with E-state index < -0.39 is 22.2 Å². The minimum absolute atomic E-state index is 0.0361. The predicted molar refractivity (Wildman–Crippen MR) is 179 cm³/mol. The summed E-state index contributed by atoms with van der Waals surface area (Å²) < 4.78 is 45.3. The molecule has 244 valence electrons. The molecule has 0 aromatic heterocycles. The largest absolute Gasteiger partial charge is 0.497 e. The lowest BCUT2D eigenvalue weighted by molar-refractivity contribution is -0.143. The second-order valence-electron chi connectivity index (χ2n) is 11.3. The van der Waals surface area contributed by atoms with Crippen LogP contribution in [0.4, 0.5) is 11.4 Å². The molecule has 0 fully saturated rings. The lowest BCUT2D eigenvalue weighted by Gasteiger charge is -2.31. The van der Waals surface area contributed by atoms with Crippen molar-refractivity contribution in [2.45, 2.75) is 29.9 Å². The maximum Gasteiger partial charge on any atom is 0.290 e. The van der Waals surface area contributed by atoms with Gasteiger partial charge in [0, 0.05) is 25.4 Å². The topological polar surface area (TPSA) is 140 Å². The molecular formula is C36H37N3O7S. The Bertz CT molecular complexity index is 1890. The van der Waals surface area contributed by atoms with Gasteiger partial charge in [-0.15, -0.1) is 0 Å². The van der Waals surface area contributed by atoms with Crippen molar-refractivity contribution in [1.82, 2.24) is 4.31 Å². The molecule has 11 heteroatoms. The molecule has 0 radical (unpaired) electrons. The molecule has 0 spiro atoms. The van der Waals surface area contributed by atoms with Crippen LogP contribution in [-0.2, 0) is 30.7 Å². The lowest BCUT2D eigenvalue weighted by atomic mass is 9.87. The number of para-hydroxylation sites is 2. The number of nitrogens with one attached hydrogen (secondary N) is 1. The minimum Gasteiger partial charge on any atom is -0.497 e. The molecule has 47 heavy (non-hydrogen) atoms. The Balaban J connectivity index is 1.23. The number of rotatable bonds is 12. The maximum absolute atomic E-state index is 13.5. The number of fused-ring (bicyclic) bond motifs is 3. The average molecular weight is 656 g/mol. The van der Waals surface area contributed by atoms with Gasteiger partial charge in [0.1, 0.15) is 5.75 Å². The number of aliphatic hydroxyl groups is 1. The summed E-state index contributed by atoms with van der Waals surface area (Å²) in [5.41, 5.74) is 12.8. The number of nitrogens with zero attached hydrogens (tertiary/aromatic N) is 1. The summed E-state index contributed by atoms with van der Waals surface area (Å²) in [5, 5.41) is 12.5. The monoisotopic (exact) mass is 655 g/mol. The summed E-state index contributed by atoms with van der Waals surface area (Å²) in [4.78, 5) is 13.6. The zero-order chi connectivity index (χ0) is 33.0. The molecule has 1 aliphatic heterocycles. The normalized spacial score (nSPS) is 17.0. The molecule has 2 atom stereocenters. The Hall–Kier alpha value is -4.68. The molecule has 6 rings (SSSR count). The number of anilines is 2. The summed E-state index contributed by atoms with van der Waals surface area (Å²) in [5.74, 6) is -0.0778. The maximum atomic E-state index is 13.5. The molecule has 4 aromatic carbocycles. The molecular weight excluding hydrogens is 618 g/mol. The van der Waals surface area contributed by atoms with Gasteiger partial charge in [0.25, 0.3) is 5.91 Å². The van der Waals surface area contributed by atoms with E-state index in [1.807, 2.05) is 24.3 Å². The minimum atomic E-state index is -3.93. The van der Waals surface area contributed by atoms with Gasteiger partial charge in [-0.1, -0.05) is 54.6 Å². The lowest BCUT2D eigenvalue weighted by Crippen LogP contribution is -2.38. The first-order valence-corrected chi connectivity index (χ1v) is 16.8. The molecule has 0 saturated heterocycles. The van der Waals surface area contributed by atoms with Gasteiger partial charge >= 0.3 is 0 Å². The number of ether oxygens (including phenoxy) is 3. The Kier molecular flexibility index (Phi) is 9.60. The molecule has 0 bridgehead atoms. The van der Waals surface area contributed by atoms with Crippen molar-refractivity contribution in [2.75, 3.05) is 44.5 Å². The van der Waals surface area contributed by atoms with E-state index in [1.165, 1.54) is 41.5 Å². The number of aliphatic hydroxyl groups excluding tert-OH is 1. The SMILES string of the molecule is COc1ccc(S(=O)(=O)N(CCO)CCO[C@H]2C[C@@H](c3cccc4c3Cc3ccccc3-4)C=C(C(=O)Nc3ccccc3N)O2)cc1. The van der Waals surface area contributed by atoms with Gasteiger partial charge in [-0.2, -0.15) is 4.31 Å². The molecule has 1 aliphatic carbocycles. The molecule has 4 N–H and O–H groups in total. The number of sulfonamides is 1. The van der Waals surface area contributed by atoms with E-state index in [1.54, 1.807) is 36.4 Å². The fraction of sp³-hybridized carbons (Fsp3) is 0.250. The molecule has 0 saturated carbocycles. The quantitative estimate of drug-likeness (QED) is 0.161. The van der Waals surface area contributed by atoms with Crippen molar-refractivity contribution < 1.29 is 32.5 Å². The van der Waals surface area contributed by atoms with Crippen molar-refractivity contribution in [1.29, 1.82) is 0 Å². The molecule has 1 heterocycles. The number of hydrogen-bond acceptors (Lipinski definition) is 8. The van der Waals surface area contributed by atoms with E-state index in [2.05, 4.69) is 29.6 Å². The van der Waals surface area contributed by atoms with Gasteiger partial charge in [0.05, 0.1) is 36.6 Å². The zero-order valence-electron chi connectivity index (χ0n) is 26.0. The van der Waals surface area contributed by atoms with E-state index >= 15 is 0 Å². The predicted octanol–water partition coefficient (Wildman–Crippen LogP) is 4.90. The molecule has 0 unspecified atom stereocenters. The van der Waals surface area contributed by atoms with Crippen molar-refractivity contribution in [2.24, 2.45) is 0 Å². The standard InChI is InChI=1S/C36H37N3O7S/c1-44-26-13-15-27(16-14-26)47(42,43)39(17-19-40)18-20-45-35-23-25(22-34(46-35)36(41)38-33-12-5-4-11-32(33)37)29-9-6-10-30-28-8-3-2-7-24(28)21-31(29)30/h2-16,22,25,35,40H,17-21,23,37H2,1H3,(H,38,41)/t25-,35+/m0/s1. The van der Waals surface area contributed by atoms with Crippen molar-refractivity contribution in [3.05, 3.63) is 120 Å². The number of benzene rings is 4. The van der Waals surface area contributed by atoms with Gasteiger partial charge in [0.15, 0.2) is 5.76 Å². The van der Waals surface area contributed by atoms with Gasteiger partial charge in [-0.25, -0.2) is 8.42 Å². The van der Waals surface area contributed by atoms with E-state index in [4.69, 9.17) is 19.9 Å². The van der Waals surface area contributed by atoms with Crippen LogP contribution in [0.3, 0.4) is 0 Å². The second-order valence-corrected chi connectivity index (χ2v) is 13.3. The van der Waals surface area contributed by atoms with Crippen molar-refractivity contribution >= 4 is 27.3 Å². The highest BCUT2D eigenvalue weighted by Crippen LogP contribution is 2.43. The number of nitrogens with two attached hydrogens (primary N) is 1. The van der Waals surface area contributed by atoms with Crippen LogP contribution in [0.2, 0.25) is 0 Å². The van der Waals surface area contributed by atoms with Crippen molar-refractivity contribution in [3.63, 3.8) is 0 Å². The van der Waals surface area contributed by atoms with Gasteiger partial charge < -0.3 is 30.4 Å². The highest BCUT2D eigenvalue weighted by molar-refractivity contribution is 7.89. The number of nitrogen functional groups attached to an aromatic ring is 1. The first-order valence-electron chi connectivity index (χ1n) is 15.4. The molecule has 2 aliphatic rings. The van der Waals surface area contributed by atoms with Gasteiger partial charge in [-0.05, 0) is 76.7 Å². The third-order valence-corrected chi connectivity index (χ3v) is 10.4. The van der Waals surface area contributed by atoms with E-state index in [-0.39, 0.29) is 42.9 Å². The number of allylic oxidation sites excluding steroid dienone is 1. The average Bonchev–Trinajstić information content (AvgIpc) is 3.48. The fourth-order valence-electron chi connectivity index (χ4n) is 6.11. The van der Waals surface area contributed by atoms with Crippen LogP contribution in [0, 0.1) is 0 Å². The zero-order valence-corrected chi connectivity index (χ0v) is 26.8. The van der Waals surface area contributed by atoms with Gasteiger partial charge in [0.2, 0.25) is 16.3 Å². The number of carbonyl (C=O) groups is 1. The van der Waals surface area contributed by atoms with E-state index in [0.717, 1.165) is 16.3 Å². The van der Waals surface area contributed by atoms with Crippen molar-refractivity contribution in [3.8, 4) is 16.9 Å². The smallest absolute Gasteiger partial charge is 0.290 e. The first-order chi connectivity index (χ1) is 22.8. The Labute approximate surface area is 274 Å². The van der Waals surface area contributed by atoms with E-state index in [0.29, 0.717) is 23.5 Å². The Morgan fingerprint density at radius 2 is 1.72 bits per heavy atom. The number of hydrogen-bond donors (Lipinski definition) is 3. The first kappa shape index (κ1) is 32.3. The van der Waals surface area contributed by atoms with Crippen LogP contribution in [0.5, 0.6) is 5.75 Å². The third-order valence-electron chi connectivity index (χ3n) is 8.47. The highest BCUT2D eigenvalue weighted by atomic mass is 32.2. The molecule has 10 nitrogen and oxygen atoms in total. The summed E-state index contributed by atoms with van der Waals surface area (Å²) in [6.45, 7) is -0.559. The van der Waals surface area contributed by atoms with Crippen LogP contribution < -0.4 is 15.8 Å². The van der Waals surface area contributed by atoms with Crippen LogP contribution in [0.25, 0.3) is 11.1 Å². The van der Waals surface area contributed by atoms with Gasteiger partial charge in [-0.3, -0.25) is 4.79 Å². The Morgan fingerprint density at radius 1 is 0.979 bits per heavy atom. The summed E-state index contributed by atoms with van der Waals surface area (Å²) in [7, 11) is -2.43. The highest BCUT2D eigenvalue weighted by Gasteiger charge is 2.33. The van der Waals surface area contributed by atoms with E-state index in [9.17, 15) is 18.3 Å². The van der Waals surface area contributed by atoms with Crippen LogP contribution in [-0.4, -0.2) is 63.4 Å². The number of methoxy groups -OCH3 is 1. The van der Waals surface area contributed by atoms with Crippen LogP contribution in [0.1, 0.15) is 29.0 Å². The molecule has 4 aromatic rings. The second kappa shape index (κ2) is 14.0. The number of amides is 1. The fourth-order valence-corrected chi connectivity index (χ4v) is 7.52. The summed E-state index contributed by atoms with van der Waals surface area (Å²) >= 11 is 0. The van der Waals surface area contributed by atoms with Crippen LogP contribution >= 0.6 is 0 Å². The summed E-state index contributed by atoms with van der Waals surface area (Å²) in [6.07, 6.45) is 2.15. The Morgan fingerprint density at radius 3 is 2.49 bits per heavy atom.